The zero-order chi connectivity index (χ0) is 25.0. The van der Waals surface area contributed by atoms with E-state index in [-0.39, 0.29) is 59.3 Å². The average molecular weight is 491 g/mol. The number of rotatable bonds is 7. The number of carbonyl (C=O) groups excluding carboxylic acids is 4. The van der Waals surface area contributed by atoms with Crippen LogP contribution in [0.2, 0.25) is 0 Å². The summed E-state index contributed by atoms with van der Waals surface area (Å²) in [6.07, 6.45) is 10.0. The second kappa shape index (κ2) is 9.16. The number of benzene rings is 1. The Labute approximate surface area is 211 Å². The van der Waals surface area contributed by atoms with Crippen molar-refractivity contribution in [2.24, 2.45) is 41.4 Å². The Kier molecular flexibility index (Phi) is 5.97. The van der Waals surface area contributed by atoms with Crippen molar-refractivity contribution in [3.63, 3.8) is 0 Å². The van der Waals surface area contributed by atoms with Gasteiger partial charge >= 0.3 is 5.97 Å². The van der Waals surface area contributed by atoms with Crippen LogP contribution in [0.15, 0.2) is 36.4 Å². The fraction of sp³-hybridized carbons (Fsp3) is 0.586. The fourth-order valence-corrected chi connectivity index (χ4v) is 7.26. The molecule has 0 radical (unpaired) electrons. The lowest BCUT2D eigenvalue weighted by atomic mass is 9.63. The van der Waals surface area contributed by atoms with Crippen LogP contribution in [0.5, 0.6) is 0 Å². The second-order valence-electron chi connectivity index (χ2n) is 11.3. The lowest BCUT2D eigenvalue weighted by molar-refractivity contribution is -0.144. The third-order valence-electron chi connectivity index (χ3n) is 9.25. The summed E-state index contributed by atoms with van der Waals surface area (Å²) in [5.41, 5.74) is 1.11. The molecule has 7 nitrogen and oxygen atoms in total. The van der Waals surface area contributed by atoms with Gasteiger partial charge in [-0.3, -0.25) is 19.3 Å². The van der Waals surface area contributed by atoms with Crippen LogP contribution >= 0.6 is 0 Å². The summed E-state index contributed by atoms with van der Waals surface area (Å²) in [4.78, 5) is 53.3. The van der Waals surface area contributed by atoms with E-state index < -0.39 is 0 Å². The maximum Gasteiger partial charge on any atom is 0.338 e. The van der Waals surface area contributed by atoms with Gasteiger partial charge in [-0.15, -0.1) is 0 Å². The van der Waals surface area contributed by atoms with Gasteiger partial charge in [-0.05, 0) is 86.5 Å². The first kappa shape index (κ1) is 23.4. The molecule has 4 fully saturated rings. The van der Waals surface area contributed by atoms with Gasteiger partial charge in [0, 0.05) is 17.6 Å². The van der Waals surface area contributed by atoms with Crippen molar-refractivity contribution in [2.75, 3.05) is 11.9 Å². The molecule has 36 heavy (non-hydrogen) atoms. The first-order valence-electron chi connectivity index (χ1n) is 13.6. The number of ether oxygens (including phenoxy) is 1. The Balaban J connectivity index is 1.02. The number of allylic oxidation sites excluding steroid dienone is 2. The third kappa shape index (κ3) is 3.87. The maximum absolute atomic E-state index is 13.4. The Bertz CT molecular complexity index is 1070. The van der Waals surface area contributed by atoms with E-state index in [9.17, 15) is 19.2 Å². The lowest BCUT2D eigenvalue weighted by Crippen LogP contribution is -2.44. The standard InChI is InChI=1S/C29H34N2O5/c1-2-3-14-36-29(35)17-4-8-18(9-5-17)30-26(32)16-6-10-19(11-7-16)31-27(33)24-20-12-13-21(23-15-22(20)23)25(24)28(31)34/h4-5,8-9,12-13,16,19-25H,2-3,6-7,10-11,14-15H2,1H3,(H,30,32)/t16?,19?,20-,21-,22-,23-,24+,25+/m0/s1. The lowest BCUT2D eigenvalue weighted by Gasteiger charge is -2.37. The first-order valence-corrected chi connectivity index (χ1v) is 13.6. The highest BCUT2D eigenvalue weighted by Gasteiger charge is 2.67. The molecule has 0 aromatic heterocycles. The molecule has 1 heterocycles. The smallest absolute Gasteiger partial charge is 0.338 e. The minimum Gasteiger partial charge on any atom is -0.462 e. The third-order valence-corrected chi connectivity index (χ3v) is 9.25. The predicted octanol–water partition coefficient (Wildman–Crippen LogP) is 4.19. The zero-order valence-corrected chi connectivity index (χ0v) is 20.7. The average Bonchev–Trinajstić information content (AvgIpc) is 3.67. The molecule has 7 rings (SSSR count). The molecular weight excluding hydrogens is 456 g/mol. The van der Waals surface area contributed by atoms with Gasteiger partial charge in [-0.25, -0.2) is 4.79 Å². The van der Waals surface area contributed by atoms with E-state index in [1.54, 1.807) is 29.2 Å². The number of likely N-dealkylation sites (tertiary alicyclic amines) is 1. The van der Waals surface area contributed by atoms with Crippen LogP contribution in [0.1, 0.15) is 62.2 Å². The van der Waals surface area contributed by atoms with Gasteiger partial charge in [0.05, 0.1) is 24.0 Å². The quantitative estimate of drug-likeness (QED) is 0.268. The normalized spacial score (nSPS) is 35.9. The molecule has 1 aromatic carbocycles. The monoisotopic (exact) mass is 490 g/mol. The van der Waals surface area contributed by atoms with Crippen LogP contribution in [-0.2, 0) is 19.1 Å². The number of nitrogens with zero attached hydrogens (tertiary/aromatic N) is 1. The van der Waals surface area contributed by atoms with Crippen molar-refractivity contribution >= 4 is 29.4 Å². The van der Waals surface area contributed by atoms with Crippen molar-refractivity contribution in [2.45, 2.75) is 57.9 Å². The van der Waals surface area contributed by atoms with Crippen LogP contribution in [0.25, 0.3) is 0 Å². The maximum atomic E-state index is 13.4. The van der Waals surface area contributed by atoms with Gasteiger partial charge in [0.25, 0.3) is 0 Å². The molecule has 1 N–H and O–H groups in total. The number of esters is 1. The Morgan fingerprint density at radius 3 is 2.14 bits per heavy atom. The Morgan fingerprint density at radius 1 is 0.944 bits per heavy atom. The minimum atomic E-state index is -0.355. The minimum absolute atomic E-state index is 0.0379. The summed E-state index contributed by atoms with van der Waals surface area (Å²) in [5, 5.41) is 2.96. The molecule has 5 aliphatic carbocycles. The van der Waals surface area contributed by atoms with E-state index in [4.69, 9.17) is 4.74 Å². The number of hydrogen-bond acceptors (Lipinski definition) is 5. The topological polar surface area (TPSA) is 92.8 Å². The summed E-state index contributed by atoms with van der Waals surface area (Å²) in [6, 6.07) is 6.67. The number of carbonyl (C=O) groups is 4. The first-order chi connectivity index (χ1) is 17.5. The summed E-state index contributed by atoms with van der Waals surface area (Å²) in [6.45, 7) is 2.45. The molecule has 190 valence electrons. The number of anilines is 1. The predicted molar refractivity (Wildman–Crippen MR) is 133 cm³/mol. The van der Waals surface area contributed by atoms with Gasteiger partial charge in [0.15, 0.2) is 0 Å². The van der Waals surface area contributed by atoms with Crippen molar-refractivity contribution in [3.8, 4) is 0 Å². The number of nitrogens with one attached hydrogen (secondary N) is 1. The molecule has 7 heteroatoms. The second-order valence-corrected chi connectivity index (χ2v) is 11.3. The molecule has 6 aliphatic rings. The van der Waals surface area contributed by atoms with Crippen molar-refractivity contribution in [3.05, 3.63) is 42.0 Å². The van der Waals surface area contributed by atoms with Crippen LogP contribution in [0.3, 0.4) is 0 Å². The molecule has 3 amide bonds. The van der Waals surface area contributed by atoms with Crippen LogP contribution in [-0.4, -0.2) is 41.2 Å². The van der Waals surface area contributed by atoms with E-state index >= 15 is 0 Å². The van der Waals surface area contributed by atoms with E-state index in [1.807, 2.05) is 6.92 Å². The summed E-state index contributed by atoms with van der Waals surface area (Å²) < 4.78 is 5.22. The fourth-order valence-electron chi connectivity index (χ4n) is 7.26. The van der Waals surface area contributed by atoms with Gasteiger partial charge in [0.1, 0.15) is 0 Å². The molecule has 2 bridgehead atoms. The van der Waals surface area contributed by atoms with Gasteiger partial charge in [-0.1, -0.05) is 25.5 Å². The van der Waals surface area contributed by atoms with Crippen molar-refractivity contribution in [1.29, 1.82) is 0 Å². The molecule has 1 aliphatic heterocycles. The summed E-state index contributed by atoms with van der Waals surface area (Å²) in [7, 11) is 0. The highest BCUT2D eigenvalue weighted by atomic mass is 16.5. The molecule has 6 atom stereocenters. The van der Waals surface area contributed by atoms with Crippen LogP contribution < -0.4 is 5.32 Å². The van der Waals surface area contributed by atoms with E-state index in [0.717, 1.165) is 12.8 Å². The molecule has 3 saturated carbocycles. The number of hydrogen-bond donors (Lipinski definition) is 1. The SMILES string of the molecule is CCCCOC(=O)c1ccc(NC(=O)C2CCC(N3C(=O)[C@@H]4[C@H]5C=C[C@@H]([C@@H]6C[C@@H]56)[C@H]4C3=O)CC2)cc1. The molecule has 0 unspecified atom stereocenters. The zero-order valence-electron chi connectivity index (χ0n) is 20.7. The van der Waals surface area contributed by atoms with Crippen molar-refractivity contribution < 1.29 is 23.9 Å². The largest absolute Gasteiger partial charge is 0.462 e. The van der Waals surface area contributed by atoms with E-state index in [1.165, 1.54) is 6.42 Å². The van der Waals surface area contributed by atoms with Crippen LogP contribution in [0.4, 0.5) is 5.69 Å². The summed E-state index contributed by atoms with van der Waals surface area (Å²) in [5.74, 6) is 0.932. The Morgan fingerprint density at radius 2 is 1.56 bits per heavy atom. The summed E-state index contributed by atoms with van der Waals surface area (Å²) >= 11 is 0. The van der Waals surface area contributed by atoms with Crippen molar-refractivity contribution in [1.82, 2.24) is 4.90 Å². The highest BCUT2D eigenvalue weighted by molar-refractivity contribution is 6.06. The van der Waals surface area contributed by atoms with E-state index in [2.05, 4.69) is 17.5 Å². The molecule has 1 aromatic rings. The van der Waals surface area contributed by atoms with Gasteiger partial charge in [0.2, 0.25) is 17.7 Å². The number of unbranched alkanes of at least 4 members (excludes halogenated alkanes) is 1. The number of amides is 3. The van der Waals surface area contributed by atoms with Gasteiger partial charge < -0.3 is 10.1 Å². The number of imide groups is 1. The Hall–Kier alpha value is -2.96. The van der Waals surface area contributed by atoms with Crippen LogP contribution in [0, 0.1) is 41.4 Å². The molecule has 0 spiro atoms. The van der Waals surface area contributed by atoms with Gasteiger partial charge in [-0.2, -0.15) is 0 Å². The molecular formula is C29H34N2O5. The highest BCUT2D eigenvalue weighted by Crippen LogP contribution is 2.65. The molecule has 1 saturated heterocycles. The van der Waals surface area contributed by atoms with E-state index in [0.29, 0.717) is 55.4 Å².